The van der Waals surface area contributed by atoms with Gasteiger partial charge in [-0.2, -0.15) is 0 Å². The van der Waals surface area contributed by atoms with Crippen molar-refractivity contribution in [3.63, 3.8) is 0 Å². The lowest BCUT2D eigenvalue weighted by molar-refractivity contribution is -0.119. The van der Waals surface area contributed by atoms with Crippen molar-refractivity contribution in [2.24, 2.45) is 11.7 Å². The van der Waals surface area contributed by atoms with Crippen LogP contribution in [0.2, 0.25) is 0 Å². The van der Waals surface area contributed by atoms with Crippen LogP contribution in [0.5, 0.6) is 0 Å². The van der Waals surface area contributed by atoms with Gasteiger partial charge in [0.1, 0.15) is 0 Å². The summed E-state index contributed by atoms with van der Waals surface area (Å²) < 4.78 is 0. The van der Waals surface area contributed by atoms with Gasteiger partial charge in [0.05, 0.1) is 0 Å². The molecular formula is C11H23NO. The summed E-state index contributed by atoms with van der Waals surface area (Å²) in [4.78, 5) is 10.7. The first-order chi connectivity index (χ1) is 6.20. The molecule has 1 unspecified atom stereocenters. The fourth-order valence-electron chi connectivity index (χ4n) is 1.72. The highest BCUT2D eigenvalue weighted by Gasteiger charge is 2.09. The van der Waals surface area contributed by atoms with Gasteiger partial charge in [-0.05, 0) is 12.3 Å². The summed E-state index contributed by atoms with van der Waals surface area (Å²) in [6.07, 6.45) is 7.82. The van der Waals surface area contributed by atoms with Gasteiger partial charge in [0.15, 0.2) is 0 Å². The van der Waals surface area contributed by atoms with Crippen LogP contribution in [-0.2, 0) is 4.79 Å². The van der Waals surface area contributed by atoms with Gasteiger partial charge in [-0.1, -0.05) is 46.0 Å². The van der Waals surface area contributed by atoms with Crippen molar-refractivity contribution in [1.82, 2.24) is 0 Å². The molecule has 0 aliphatic carbocycles. The maximum absolute atomic E-state index is 10.7. The lowest BCUT2D eigenvalue weighted by atomic mass is 9.93. The second-order valence-corrected chi connectivity index (χ2v) is 3.82. The summed E-state index contributed by atoms with van der Waals surface area (Å²) in [6.45, 7) is 4.36. The van der Waals surface area contributed by atoms with Gasteiger partial charge >= 0.3 is 0 Å². The topological polar surface area (TPSA) is 43.1 Å². The second kappa shape index (κ2) is 8.09. The number of carbonyl (C=O) groups is 1. The Morgan fingerprint density at radius 2 is 1.85 bits per heavy atom. The molecule has 0 aromatic rings. The summed E-state index contributed by atoms with van der Waals surface area (Å²) in [6, 6.07) is 0. The molecule has 0 aromatic heterocycles. The van der Waals surface area contributed by atoms with Crippen molar-refractivity contribution in [3.8, 4) is 0 Å². The number of unbranched alkanes of at least 4 members (excludes halogenated alkanes) is 2. The smallest absolute Gasteiger partial charge is 0.217 e. The Hall–Kier alpha value is -0.530. The van der Waals surface area contributed by atoms with Crippen LogP contribution in [0.1, 0.15) is 58.8 Å². The average molecular weight is 185 g/mol. The van der Waals surface area contributed by atoms with Crippen molar-refractivity contribution >= 4 is 5.91 Å². The van der Waals surface area contributed by atoms with Crippen LogP contribution in [0.3, 0.4) is 0 Å². The molecule has 0 spiro atoms. The van der Waals surface area contributed by atoms with E-state index in [9.17, 15) is 4.79 Å². The van der Waals surface area contributed by atoms with E-state index in [1.807, 2.05) is 0 Å². The van der Waals surface area contributed by atoms with E-state index in [-0.39, 0.29) is 5.91 Å². The first-order valence-electron chi connectivity index (χ1n) is 5.49. The SMILES string of the molecule is CCCCCC(CCC)CC(N)=O. The fraction of sp³-hybridized carbons (Fsp3) is 0.909. The van der Waals surface area contributed by atoms with Crippen molar-refractivity contribution < 1.29 is 4.79 Å². The minimum Gasteiger partial charge on any atom is -0.370 e. The average Bonchev–Trinajstić information content (AvgIpc) is 2.04. The maximum atomic E-state index is 10.7. The summed E-state index contributed by atoms with van der Waals surface area (Å²) in [5.74, 6) is 0.393. The zero-order chi connectivity index (χ0) is 10.1. The molecule has 78 valence electrons. The third kappa shape index (κ3) is 7.82. The number of amides is 1. The van der Waals surface area contributed by atoms with Crippen LogP contribution < -0.4 is 5.73 Å². The first-order valence-corrected chi connectivity index (χ1v) is 5.49. The van der Waals surface area contributed by atoms with E-state index in [1.165, 1.54) is 25.7 Å². The number of primary amides is 1. The monoisotopic (exact) mass is 185 g/mol. The Kier molecular flexibility index (Phi) is 7.76. The standard InChI is InChI=1S/C11H23NO/c1-3-5-6-8-10(7-4-2)9-11(12)13/h10H,3-9H2,1-2H3,(H2,12,13). The van der Waals surface area contributed by atoms with Gasteiger partial charge in [-0.3, -0.25) is 4.79 Å². The summed E-state index contributed by atoms with van der Waals surface area (Å²) >= 11 is 0. The van der Waals surface area contributed by atoms with E-state index < -0.39 is 0 Å². The molecule has 0 radical (unpaired) electrons. The van der Waals surface area contributed by atoms with Crippen LogP contribution >= 0.6 is 0 Å². The molecular weight excluding hydrogens is 162 g/mol. The second-order valence-electron chi connectivity index (χ2n) is 3.82. The van der Waals surface area contributed by atoms with Crippen LogP contribution in [0.4, 0.5) is 0 Å². The molecule has 0 aliphatic heterocycles. The normalized spacial score (nSPS) is 12.8. The lowest BCUT2D eigenvalue weighted by Gasteiger charge is -2.13. The Labute approximate surface area is 81.9 Å². The Balaban J connectivity index is 3.59. The lowest BCUT2D eigenvalue weighted by Crippen LogP contribution is -2.16. The quantitative estimate of drug-likeness (QED) is 0.580. The fourth-order valence-corrected chi connectivity index (χ4v) is 1.72. The van der Waals surface area contributed by atoms with Crippen molar-refractivity contribution in [2.45, 2.75) is 58.8 Å². The molecule has 1 atom stereocenters. The molecule has 2 heteroatoms. The van der Waals surface area contributed by atoms with Gasteiger partial charge < -0.3 is 5.73 Å². The van der Waals surface area contributed by atoms with Gasteiger partial charge in [-0.15, -0.1) is 0 Å². The van der Waals surface area contributed by atoms with E-state index >= 15 is 0 Å². The molecule has 2 nitrogen and oxygen atoms in total. The minimum absolute atomic E-state index is 0.144. The van der Waals surface area contributed by atoms with Crippen LogP contribution in [-0.4, -0.2) is 5.91 Å². The molecule has 0 saturated heterocycles. The van der Waals surface area contributed by atoms with Crippen LogP contribution in [0.25, 0.3) is 0 Å². The van der Waals surface area contributed by atoms with Gasteiger partial charge in [0.25, 0.3) is 0 Å². The molecule has 0 heterocycles. The predicted molar refractivity (Wildman–Crippen MR) is 56.4 cm³/mol. The Morgan fingerprint density at radius 1 is 1.15 bits per heavy atom. The Morgan fingerprint density at radius 3 is 2.31 bits per heavy atom. The molecule has 0 fully saturated rings. The summed E-state index contributed by atoms with van der Waals surface area (Å²) in [5.41, 5.74) is 5.19. The molecule has 0 saturated carbocycles. The highest BCUT2D eigenvalue weighted by molar-refractivity contribution is 5.73. The number of carbonyl (C=O) groups excluding carboxylic acids is 1. The molecule has 2 N–H and O–H groups in total. The first kappa shape index (κ1) is 12.5. The van der Waals surface area contributed by atoms with Crippen molar-refractivity contribution in [3.05, 3.63) is 0 Å². The Bertz CT molecular complexity index is 134. The largest absolute Gasteiger partial charge is 0.370 e. The van der Waals surface area contributed by atoms with E-state index in [0.717, 1.165) is 12.8 Å². The highest BCUT2D eigenvalue weighted by Crippen LogP contribution is 2.18. The van der Waals surface area contributed by atoms with E-state index in [1.54, 1.807) is 0 Å². The number of hydrogen-bond donors (Lipinski definition) is 1. The van der Waals surface area contributed by atoms with E-state index in [2.05, 4.69) is 13.8 Å². The van der Waals surface area contributed by atoms with Crippen molar-refractivity contribution in [2.75, 3.05) is 0 Å². The van der Waals surface area contributed by atoms with Crippen LogP contribution in [0, 0.1) is 5.92 Å². The summed E-state index contributed by atoms with van der Waals surface area (Å²) in [5, 5.41) is 0. The van der Waals surface area contributed by atoms with Crippen molar-refractivity contribution in [1.29, 1.82) is 0 Å². The maximum Gasteiger partial charge on any atom is 0.217 e. The molecule has 0 bridgehead atoms. The zero-order valence-corrected chi connectivity index (χ0v) is 9.01. The molecule has 1 amide bonds. The zero-order valence-electron chi connectivity index (χ0n) is 9.01. The molecule has 0 aliphatic rings. The predicted octanol–water partition coefficient (Wildman–Crippen LogP) is 2.86. The third-order valence-electron chi connectivity index (χ3n) is 2.40. The number of hydrogen-bond acceptors (Lipinski definition) is 1. The van der Waals surface area contributed by atoms with Crippen LogP contribution in [0.15, 0.2) is 0 Å². The third-order valence-corrected chi connectivity index (χ3v) is 2.40. The number of rotatable bonds is 8. The molecule has 0 aromatic carbocycles. The van der Waals surface area contributed by atoms with Gasteiger partial charge in [-0.25, -0.2) is 0 Å². The van der Waals surface area contributed by atoms with E-state index in [4.69, 9.17) is 5.73 Å². The van der Waals surface area contributed by atoms with E-state index in [0.29, 0.717) is 12.3 Å². The highest BCUT2D eigenvalue weighted by atomic mass is 16.1. The van der Waals surface area contributed by atoms with Gasteiger partial charge in [0.2, 0.25) is 5.91 Å². The molecule has 13 heavy (non-hydrogen) atoms. The summed E-state index contributed by atoms with van der Waals surface area (Å²) in [7, 11) is 0. The minimum atomic E-state index is -0.144. The molecule has 0 rings (SSSR count). The number of nitrogens with two attached hydrogens (primary N) is 1. The van der Waals surface area contributed by atoms with Gasteiger partial charge in [0, 0.05) is 6.42 Å².